The maximum absolute atomic E-state index is 12.2. The van der Waals surface area contributed by atoms with Crippen LogP contribution in [-0.4, -0.2) is 59.3 Å². The molecule has 2 N–H and O–H groups in total. The number of hydrogen-bond donors (Lipinski definition) is 2. The quantitative estimate of drug-likeness (QED) is 0.340. The van der Waals surface area contributed by atoms with Crippen LogP contribution in [0.25, 0.3) is 0 Å². The van der Waals surface area contributed by atoms with E-state index in [4.69, 9.17) is 0 Å². The number of aliphatic imine (C=N–C) groups is 1. The van der Waals surface area contributed by atoms with Gasteiger partial charge in [-0.05, 0) is 30.9 Å². The molecule has 2 heterocycles. The standard InChI is InChI=1S/C21H30N6O.HI/c1-3-22-21(27-12-10-18(16-27)19-13-25-26(2)15-19)24-14-20(28)23-11-9-17-7-5-4-6-8-17;/h4-8,13,15,18H,3,9-12,14,16H2,1-2H3,(H,22,24)(H,23,28);1H. The van der Waals surface area contributed by atoms with Crippen LogP contribution in [0.5, 0.6) is 0 Å². The normalized spacial score (nSPS) is 16.4. The van der Waals surface area contributed by atoms with Crippen LogP contribution in [0.1, 0.15) is 30.4 Å². The summed E-state index contributed by atoms with van der Waals surface area (Å²) < 4.78 is 1.84. The summed E-state index contributed by atoms with van der Waals surface area (Å²) in [6.45, 7) is 5.42. The number of benzene rings is 1. The first kappa shape index (κ1) is 23.2. The topological polar surface area (TPSA) is 74.6 Å². The fraction of sp³-hybridized carbons (Fsp3) is 0.476. The maximum Gasteiger partial charge on any atom is 0.241 e. The van der Waals surface area contributed by atoms with Gasteiger partial charge in [0, 0.05) is 45.3 Å². The Labute approximate surface area is 190 Å². The molecule has 7 nitrogen and oxygen atoms in total. The number of nitrogens with zero attached hydrogens (tertiary/aromatic N) is 4. The van der Waals surface area contributed by atoms with Gasteiger partial charge in [-0.15, -0.1) is 24.0 Å². The van der Waals surface area contributed by atoms with Crippen molar-refractivity contribution in [3.63, 3.8) is 0 Å². The highest BCUT2D eigenvalue weighted by Gasteiger charge is 2.27. The number of rotatable bonds is 7. The predicted octanol–water partition coefficient (Wildman–Crippen LogP) is 2.15. The number of aryl methyl sites for hydroxylation is 1. The summed E-state index contributed by atoms with van der Waals surface area (Å²) in [6, 6.07) is 10.2. The molecule has 3 rings (SSSR count). The molecule has 1 unspecified atom stereocenters. The summed E-state index contributed by atoms with van der Waals surface area (Å²) in [6.07, 6.45) is 5.92. The lowest BCUT2D eigenvalue weighted by Gasteiger charge is -2.21. The first-order chi connectivity index (χ1) is 13.7. The van der Waals surface area contributed by atoms with E-state index >= 15 is 0 Å². The van der Waals surface area contributed by atoms with Crippen molar-refractivity contribution in [1.82, 2.24) is 25.3 Å². The zero-order chi connectivity index (χ0) is 19.8. The predicted molar refractivity (Wildman–Crippen MR) is 127 cm³/mol. The van der Waals surface area contributed by atoms with E-state index in [2.05, 4.69) is 44.0 Å². The fourth-order valence-electron chi connectivity index (χ4n) is 3.50. The number of carbonyl (C=O) groups excluding carboxylic acids is 1. The third-order valence-electron chi connectivity index (χ3n) is 4.97. The third kappa shape index (κ3) is 7.02. The molecule has 1 aliphatic heterocycles. The number of amides is 1. The monoisotopic (exact) mass is 510 g/mol. The fourth-order valence-corrected chi connectivity index (χ4v) is 3.50. The number of aromatic nitrogens is 2. The Morgan fingerprint density at radius 2 is 2.07 bits per heavy atom. The highest BCUT2D eigenvalue weighted by atomic mass is 127. The first-order valence-corrected chi connectivity index (χ1v) is 9.98. The maximum atomic E-state index is 12.2. The number of likely N-dealkylation sites (tertiary alicyclic amines) is 1. The van der Waals surface area contributed by atoms with Gasteiger partial charge in [0.2, 0.25) is 5.91 Å². The molecule has 0 saturated carbocycles. The van der Waals surface area contributed by atoms with Crippen molar-refractivity contribution in [1.29, 1.82) is 0 Å². The number of halogens is 1. The molecule has 1 amide bonds. The van der Waals surface area contributed by atoms with Gasteiger partial charge in [-0.25, -0.2) is 4.99 Å². The van der Waals surface area contributed by atoms with Crippen molar-refractivity contribution in [2.24, 2.45) is 12.0 Å². The van der Waals surface area contributed by atoms with Crippen LogP contribution in [-0.2, 0) is 18.3 Å². The second-order valence-corrected chi connectivity index (χ2v) is 7.13. The van der Waals surface area contributed by atoms with Gasteiger partial charge < -0.3 is 15.5 Å². The van der Waals surface area contributed by atoms with Crippen molar-refractivity contribution in [2.45, 2.75) is 25.7 Å². The Bertz CT molecular complexity index is 791. The van der Waals surface area contributed by atoms with Crippen molar-refractivity contribution < 1.29 is 4.79 Å². The summed E-state index contributed by atoms with van der Waals surface area (Å²) in [4.78, 5) is 19.0. The Morgan fingerprint density at radius 1 is 1.28 bits per heavy atom. The molecule has 1 saturated heterocycles. The van der Waals surface area contributed by atoms with Gasteiger partial charge in [0.25, 0.3) is 0 Å². The average Bonchev–Trinajstić information content (AvgIpc) is 3.35. The highest BCUT2D eigenvalue weighted by molar-refractivity contribution is 14.0. The largest absolute Gasteiger partial charge is 0.357 e. The molecular formula is C21H31IN6O. The van der Waals surface area contributed by atoms with Gasteiger partial charge in [0.1, 0.15) is 6.54 Å². The Kier molecular flexibility index (Phi) is 9.43. The zero-order valence-electron chi connectivity index (χ0n) is 17.2. The smallest absolute Gasteiger partial charge is 0.241 e. The van der Waals surface area contributed by atoms with Crippen LogP contribution in [0.4, 0.5) is 0 Å². The molecule has 0 spiro atoms. The van der Waals surface area contributed by atoms with Gasteiger partial charge >= 0.3 is 0 Å². The first-order valence-electron chi connectivity index (χ1n) is 9.98. The average molecular weight is 510 g/mol. The second kappa shape index (κ2) is 11.8. The van der Waals surface area contributed by atoms with Crippen LogP contribution >= 0.6 is 24.0 Å². The van der Waals surface area contributed by atoms with Crippen LogP contribution in [0.15, 0.2) is 47.7 Å². The Hall–Kier alpha value is -2.10. The van der Waals surface area contributed by atoms with E-state index in [1.54, 1.807) is 0 Å². The molecule has 1 aromatic heterocycles. The zero-order valence-corrected chi connectivity index (χ0v) is 19.5. The van der Waals surface area contributed by atoms with E-state index in [1.807, 2.05) is 43.0 Å². The summed E-state index contributed by atoms with van der Waals surface area (Å²) in [5.74, 6) is 1.22. The molecule has 1 atom stereocenters. The van der Waals surface area contributed by atoms with Crippen molar-refractivity contribution in [3.05, 3.63) is 53.9 Å². The summed E-state index contributed by atoms with van der Waals surface area (Å²) in [5.41, 5.74) is 2.48. The van der Waals surface area contributed by atoms with Crippen LogP contribution in [0.3, 0.4) is 0 Å². The van der Waals surface area contributed by atoms with E-state index in [-0.39, 0.29) is 36.4 Å². The molecule has 1 fully saturated rings. The summed E-state index contributed by atoms with van der Waals surface area (Å²) in [7, 11) is 1.94. The molecule has 1 aromatic carbocycles. The van der Waals surface area contributed by atoms with Crippen molar-refractivity contribution >= 4 is 35.8 Å². The number of guanidine groups is 1. The number of hydrogen-bond acceptors (Lipinski definition) is 3. The number of carbonyl (C=O) groups is 1. The SMILES string of the molecule is CCNC(=NCC(=O)NCCc1ccccc1)N1CCC(c2cnn(C)c2)C1.I. The van der Waals surface area contributed by atoms with Gasteiger partial charge in [0.15, 0.2) is 5.96 Å². The Morgan fingerprint density at radius 3 is 2.76 bits per heavy atom. The van der Waals surface area contributed by atoms with Crippen LogP contribution in [0.2, 0.25) is 0 Å². The molecule has 2 aromatic rings. The van der Waals surface area contributed by atoms with E-state index in [0.29, 0.717) is 12.5 Å². The lowest BCUT2D eigenvalue weighted by molar-refractivity contribution is -0.119. The lowest BCUT2D eigenvalue weighted by atomic mass is 10.0. The van der Waals surface area contributed by atoms with Crippen LogP contribution < -0.4 is 10.6 Å². The molecular weight excluding hydrogens is 479 g/mol. The molecule has 0 aliphatic carbocycles. The van der Waals surface area contributed by atoms with Gasteiger partial charge in [-0.2, -0.15) is 5.10 Å². The minimum Gasteiger partial charge on any atom is -0.357 e. The van der Waals surface area contributed by atoms with E-state index in [0.717, 1.165) is 38.4 Å². The van der Waals surface area contributed by atoms with E-state index < -0.39 is 0 Å². The summed E-state index contributed by atoms with van der Waals surface area (Å²) in [5, 5.41) is 10.5. The summed E-state index contributed by atoms with van der Waals surface area (Å²) >= 11 is 0. The minimum atomic E-state index is -0.0469. The van der Waals surface area contributed by atoms with Crippen molar-refractivity contribution in [3.8, 4) is 0 Å². The molecule has 8 heteroatoms. The van der Waals surface area contributed by atoms with Gasteiger partial charge in [-0.1, -0.05) is 30.3 Å². The van der Waals surface area contributed by atoms with Gasteiger partial charge in [0.05, 0.1) is 6.20 Å². The van der Waals surface area contributed by atoms with E-state index in [1.165, 1.54) is 11.1 Å². The minimum absolute atomic E-state index is 0. The Balaban J connectivity index is 0.00000300. The lowest BCUT2D eigenvalue weighted by Crippen LogP contribution is -2.41. The van der Waals surface area contributed by atoms with Crippen LogP contribution in [0, 0.1) is 0 Å². The second-order valence-electron chi connectivity index (χ2n) is 7.13. The molecule has 158 valence electrons. The number of nitrogens with one attached hydrogen (secondary N) is 2. The van der Waals surface area contributed by atoms with E-state index in [9.17, 15) is 4.79 Å². The molecule has 1 aliphatic rings. The highest BCUT2D eigenvalue weighted by Crippen LogP contribution is 2.26. The van der Waals surface area contributed by atoms with Gasteiger partial charge in [-0.3, -0.25) is 9.48 Å². The molecule has 29 heavy (non-hydrogen) atoms. The molecule has 0 radical (unpaired) electrons. The third-order valence-corrected chi connectivity index (χ3v) is 4.97. The van der Waals surface area contributed by atoms with Crippen molar-refractivity contribution in [2.75, 3.05) is 32.7 Å². The molecule has 0 bridgehead atoms.